The van der Waals surface area contributed by atoms with E-state index in [1.807, 2.05) is 59.5 Å². The summed E-state index contributed by atoms with van der Waals surface area (Å²) in [6, 6.07) is 17.6. The molecule has 0 bridgehead atoms. The summed E-state index contributed by atoms with van der Waals surface area (Å²) < 4.78 is 5.65. The topological polar surface area (TPSA) is 29.5 Å². The summed E-state index contributed by atoms with van der Waals surface area (Å²) in [4.78, 5) is 13.9. The Labute approximate surface area is 129 Å². The van der Waals surface area contributed by atoms with Gasteiger partial charge in [-0.25, -0.2) is 0 Å². The molecule has 1 atom stereocenters. The van der Waals surface area contributed by atoms with Crippen molar-refractivity contribution in [3.63, 3.8) is 0 Å². The molecular formula is C17H16ClNO2. The van der Waals surface area contributed by atoms with Crippen molar-refractivity contribution in [2.45, 2.75) is 12.6 Å². The van der Waals surface area contributed by atoms with Crippen molar-refractivity contribution in [1.29, 1.82) is 0 Å². The lowest BCUT2D eigenvalue weighted by atomic mass is 10.1. The Morgan fingerprint density at radius 1 is 1.10 bits per heavy atom. The number of carbonyl (C=O) groups is 1. The molecule has 1 heterocycles. The van der Waals surface area contributed by atoms with Gasteiger partial charge in [0.25, 0.3) is 0 Å². The highest BCUT2D eigenvalue weighted by atomic mass is 35.5. The zero-order valence-corrected chi connectivity index (χ0v) is 12.3. The number of hydrogen-bond donors (Lipinski definition) is 0. The lowest BCUT2D eigenvalue weighted by Gasteiger charge is -2.33. The van der Waals surface area contributed by atoms with Crippen LogP contribution < -0.4 is 0 Å². The normalized spacial score (nSPS) is 18.8. The number of hydrogen-bond acceptors (Lipinski definition) is 2. The van der Waals surface area contributed by atoms with Crippen LogP contribution in [0.5, 0.6) is 0 Å². The third kappa shape index (κ3) is 3.43. The molecular weight excluding hydrogens is 286 g/mol. The Morgan fingerprint density at radius 3 is 2.52 bits per heavy atom. The Morgan fingerprint density at radius 2 is 1.81 bits per heavy atom. The fourth-order valence-corrected chi connectivity index (χ4v) is 2.58. The Hall–Kier alpha value is -1.84. The number of halogens is 1. The Bertz CT molecular complexity index is 612. The van der Waals surface area contributed by atoms with Crippen LogP contribution in [-0.2, 0) is 16.1 Å². The van der Waals surface area contributed by atoms with Crippen molar-refractivity contribution >= 4 is 17.5 Å². The number of carbonyl (C=O) groups excluding carboxylic acids is 1. The van der Waals surface area contributed by atoms with E-state index in [4.69, 9.17) is 16.3 Å². The van der Waals surface area contributed by atoms with Gasteiger partial charge in [0.15, 0.2) is 0 Å². The van der Waals surface area contributed by atoms with Crippen LogP contribution in [0.15, 0.2) is 54.6 Å². The average Bonchev–Trinajstić information content (AvgIpc) is 2.51. The molecule has 0 spiro atoms. The van der Waals surface area contributed by atoms with Crippen molar-refractivity contribution in [2.24, 2.45) is 0 Å². The average molecular weight is 302 g/mol. The molecule has 3 rings (SSSR count). The summed E-state index contributed by atoms with van der Waals surface area (Å²) in [5.41, 5.74) is 2.17. The molecule has 3 nitrogen and oxygen atoms in total. The minimum atomic E-state index is -0.0938. The molecule has 0 saturated carbocycles. The monoisotopic (exact) mass is 301 g/mol. The summed E-state index contributed by atoms with van der Waals surface area (Å²) in [6.07, 6.45) is -0.0938. The maximum atomic E-state index is 12.0. The molecule has 0 unspecified atom stereocenters. The van der Waals surface area contributed by atoms with Crippen LogP contribution in [0.25, 0.3) is 0 Å². The van der Waals surface area contributed by atoms with E-state index >= 15 is 0 Å². The minimum Gasteiger partial charge on any atom is -0.362 e. The van der Waals surface area contributed by atoms with Crippen molar-refractivity contribution in [2.75, 3.05) is 13.2 Å². The molecule has 1 aliphatic heterocycles. The largest absolute Gasteiger partial charge is 0.362 e. The second-order valence-electron chi connectivity index (χ2n) is 5.11. The number of rotatable bonds is 3. The van der Waals surface area contributed by atoms with Crippen molar-refractivity contribution in [3.8, 4) is 0 Å². The van der Waals surface area contributed by atoms with Crippen LogP contribution in [0.4, 0.5) is 0 Å². The first-order valence-corrected chi connectivity index (χ1v) is 7.29. The Kier molecular flexibility index (Phi) is 4.23. The molecule has 0 aliphatic carbocycles. The van der Waals surface area contributed by atoms with Crippen LogP contribution in [0, 0.1) is 0 Å². The molecule has 0 N–H and O–H groups in total. The van der Waals surface area contributed by atoms with E-state index in [9.17, 15) is 4.79 Å². The predicted molar refractivity (Wildman–Crippen MR) is 82.0 cm³/mol. The maximum absolute atomic E-state index is 12.0. The fourth-order valence-electron chi connectivity index (χ4n) is 2.45. The number of benzene rings is 2. The van der Waals surface area contributed by atoms with E-state index in [-0.39, 0.29) is 18.6 Å². The molecule has 21 heavy (non-hydrogen) atoms. The zero-order chi connectivity index (χ0) is 14.7. The smallest absolute Gasteiger partial charge is 0.249 e. The first kappa shape index (κ1) is 14.1. The van der Waals surface area contributed by atoms with E-state index in [2.05, 4.69) is 0 Å². The SMILES string of the molecule is O=C1CO[C@H](c2ccc(Cl)cc2)CN1Cc1ccccc1. The number of morpholine rings is 1. The molecule has 1 amide bonds. The second kappa shape index (κ2) is 6.29. The summed E-state index contributed by atoms with van der Waals surface area (Å²) in [6.45, 7) is 1.31. The van der Waals surface area contributed by atoms with Crippen LogP contribution in [0.1, 0.15) is 17.2 Å². The van der Waals surface area contributed by atoms with Gasteiger partial charge in [-0.3, -0.25) is 4.79 Å². The molecule has 1 saturated heterocycles. The van der Waals surface area contributed by atoms with E-state index in [1.54, 1.807) is 0 Å². The second-order valence-corrected chi connectivity index (χ2v) is 5.55. The number of nitrogens with zero attached hydrogens (tertiary/aromatic N) is 1. The molecule has 0 aromatic heterocycles. The molecule has 1 fully saturated rings. The molecule has 1 aliphatic rings. The molecule has 0 radical (unpaired) electrons. The van der Waals surface area contributed by atoms with Crippen LogP contribution in [-0.4, -0.2) is 24.0 Å². The molecule has 2 aromatic rings. The highest BCUT2D eigenvalue weighted by Crippen LogP contribution is 2.25. The zero-order valence-electron chi connectivity index (χ0n) is 11.5. The minimum absolute atomic E-state index is 0.0315. The maximum Gasteiger partial charge on any atom is 0.249 e. The lowest BCUT2D eigenvalue weighted by molar-refractivity contribution is -0.150. The summed E-state index contributed by atoms with van der Waals surface area (Å²) in [7, 11) is 0. The van der Waals surface area contributed by atoms with E-state index in [0.717, 1.165) is 11.1 Å². The molecule has 2 aromatic carbocycles. The van der Waals surface area contributed by atoms with Gasteiger partial charge in [0.05, 0.1) is 6.54 Å². The predicted octanol–water partition coefficient (Wildman–Crippen LogP) is 3.44. The van der Waals surface area contributed by atoms with Crippen LogP contribution in [0.3, 0.4) is 0 Å². The van der Waals surface area contributed by atoms with Gasteiger partial charge in [-0.1, -0.05) is 54.1 Å². The van der Waals surface area contributed by atoms with E-state index < -0.39 is 0 Å². The van der Waals surface area contributed by atoms with Gasteiger partial charge < -0.3 is 9.64 Å². The van der Waals surface area contributed by atoms with Gasteiger partial charge in [0.1, 0.15) is 12.7 Å². The van der Waals surface area contributed by atoms with Crippen molar-refractivity contribution < 1.29 is 9.53 Å². The third-order valence-electron chi connectivity index (χ3n) is 3.60. The quantitative estimate of drug-likeness (QED) is 0.869. The van der Waals surface area contributed by atoms with Gasteiger partial charge in [-0.2, -0.15) is 0 Å². The lowest BCUT2D eigenvalue weighted by Crippen LogP contribution is -2.42. The third-order valence-corrected chi connectivity index (χ3v) is 3.86. The van der Waals surface area contributed by atoms with Gasteiger partial charge in [0, 0.05) is 11.6 Å². The number of amides is 1. The van der Waals surface area contributed by atoms with Gasteiger partial charge in [-0.05, 0) is 23.3 Å². The van der Waals surface area contributed by atoms with E-state index in [0.29, 0.717) is 18.1 Å². The van der Waals surface area contributed by atoms with Gasteiger partial charge in [-0.15, -0.1) is 0 Å². The Balaban J connectivity index is 1.72. The van der Waals surface area contributed by atoms with Crippen molar-refractivity contribution in [1.82, 2.24) is 4.90 Å². The summed E-state index contributed by atoms with van der Waals surface area (Å²) >= 11 is 5.90. The first-order chi connectivity index (χ1) is 10.2. The highest BCUT2D eigenvalue weighted by molar-refractivity contribution is 6.30. The van der Waals surface area contributed by atoms with E-state index in [1.165, 1.54) is 0 Å². The van der Waals surface area contributed by atoms with Gasteiger partial charge in [0.2, 0.25) is 5.91 Å². The van der Waals surface area contributed by atoms with Crippen LogP contribution >= 0.6 is 11.6 Å². The number of ether oxygens (including phenoxy) is 1. The highest BCUT2D eigenvalue weighted by Gasteiger charge is 2.27. The van der Waals surface area contributed by atoms with Gasteiger partial charge >= 0.3 is 0 Å². The summed E-state index contributed by atoms with van der Waals surface area (Å²) in [5.74, 6) is 0.0315. The molecule has 4 heteroatoms. The van der Waals surface area contributed by atoms with Crippen LogP contribution in [0.2, 0.25) is 5.02 Å². The molecule has 108 valence electrons. The summed E-state index contributed by atoms with van der Waals surface area (Å²) in [5, 5.41) is 0.701. The first-order valence-electron chi connectivity index (χ1n) is 6.91. The standard InChI is InChI=1S/C17H16ClNO2/c18-15-8-6-14(7-9-15)16-11-19(17(20)12-21-16)10-13-4-2-1-3-5-13/h1-9,16H,10-12H2/t16-/m0/s1. The fraction of sp³-hybridized carbons (Fsp3) is 0.235. The van der Waals surface area contributed by atoms with Crippen molar-refractivity contribution in [3.05, 3.63) is 70.7 Å².